The molecule has 0 aliphatic rings. The molecule has 0 heterocycles. The van der Waals surface area contributed by atoms with Gasteiger partial charge in [0.05, 0.1) is 0 Å². The van der Waals surface area contributed by atoms with Gasteiger partial charge in [-0.1, -0.05) is 26.0 Å². The highest BCUT2D eigenvalue weighted by Gasteiger charge is 2.05. The summed E-state index contributed by atoms with van der Waals surface area (Å²) in [6.45, 7) is 3.93. The summed E-state index contributed by atoms with van der Waals surface area (Å²) in [5, 5.41) is 8.32. The quantitative estimate of drug-likeness (QED) is 0.569. The molecule has 0 spiro atoms. The summed E-state index contributed by atoms with van der Waals surface area (Å²) in [5.41, 5.74) is 5.18. The Morgan fingerprint density at radius 1 is 1.50 bits per heavy atom. The van der Waals surface area contributed by atoms with Crippen molar-refractivity contribution in [3.05, 3.63) is 12.2 Å². The van der Waals surface area contributed by atoms with Gasteiger partial charge in [0.1, 0.15) is 6.04 Å². The molecule has 0 aliphatic carbocycles. The van der Waals surface area contributed by atoms with Crippen LogP contribution in [-0.2, 0) is 4.79 Å². The number of hydrogen-bond donors (Lipinski definition) is 2. The molecule has 0 bridgehead atoms. The average Bonchev–Trinajstić information content (AvgIpc) is 1.82. The molecule has 0 fully saturated rings. The molecule has 0 aliphatic heterocycles. The van der Waals surface area contributed by atoms with Crippen molar-refractivity contribution in [1.82, 2.24) is 0 Å². The molecule has 3 N–H and O–H groups in total. The number of aliphatic carboxylic acids is 1. The van der Waals surface area contributed by atoms with E-state index in [1.54, 1.807) is 6.08 Å². The number of hydrogen-bond acceptors (Lipinski definition) is 2. The first-order valence-corrected chi connectivity index (χ1v) is 3.20. The molecular formula is C7H13NO2. The van der Waals surface area contributed by atoms with Crippen LogP contribution in [0.3, 0.4) is 0 Å². The molecular weight excluding hydrogens is 130 g/mol. The van der Waals surface area contributed by atoms with Crippen LogP contribution in [0.25, 0.3) is 0 Å². The van der Waals surface area contributed by atoms with Gasteiger partial charge in [0.15, 0.2) is 0 Å². The van der Waals surface area contributed by atoms with Crippen LogP contribution in [0.5, 0.6) is 0 Å². The zero-order chi connectivity index (χ0) is 8.15. The summed E-state index contributed by atoms with van der Waals surface area (Å²) in [6.07, 6.45) is 3.27. The van der Waals surface area contributed by atoms with Crippen molar-refractivity contribution in [2.45, 2.75) is 19.9 Å². The van der Waals surface area contributed by atoms with E-state index in [0.717, 1.165) is 0 Å². The number of carboxylic acids is 1. The molecule has 0 aromatic carbocycles. The summed E-state index contributed by atoms with van der Waals surface area (Å²) in [6, 6.07) is -0.859. The molecule has 3 heteroatoms. The van der Waals surface area contributed by atoms with Crippen LogP contribution in [-0.4, -0.2) is 17.1 Å². The van der Waals surface area contributed by atoms with Gasteiger partial charge in [-0.05, 0) is 5.92 Å². The predicted molar refractivity (Wildman–Crippen MR) is 39.6 cm³/mol. The SMILES string of the molecule is CC(C)C=CC(N)C(=O)O. The normalized spacial score (nSPS) is 14.4. The minimum Gasteiger partial charge on any atom is -0.480 e. The maximum Gasteiger partial charge on any atom is 0.324 e. The molecule has 10 heavy (non-hydrogen) atoms. The maximum absolute atomic E-state index is 10.1. The second kappa shape index (κ2) is 4.06. The second-order valence-electron chi connectivity index (χ2n) is 2.49. The minimum absolute atomic E-state index is 0.352. The third-order valence-corrected chi connectivity index (χ3v) is 0.989. The summed E-state index contributed by atoms with van der Waals surface area (Å²) in [5.74, 6) is -0.637. The molecule has 0 amide bonds. The van der Waals surface area contributed by atoms with Crippen LogP contribution in [0.4, 0.5) is 0 Å². The molecule has 0 aromatic heterocycles. The van der Waals surface area contributed by atoms with E-state index in [-0.39, 0.29) is 0 Å². The maximum atomic E-state index is 10.1. The Morgan fingerprint density at radius 2 is 2.00 bits per heavy atom. The Labute approximate surface area is 60.5 Å². The molecule has 0 saturated heterocycles. The highest BCUT2D eigenvalue weighted by atomic mass is 16.4. The Morgan fingerprint density at radius 3 is 2.30 bits per heavy atom. The predicted octanol–water partition coefficient (Wildman–Crippen LogP) is 0.611. The van der Waals surface area contributed by atoms with E-state index in [1.165, 1.54) is 6.08 Å². The van der Waals surface area contributed by atoms with Gasteiger partial charge in [-0.3, -0.25) is 4.79 Å². The molecule has 58 valence electrons. The highest BCUT2D eigenvalue weighted by molar-refractivity contribution is 5.75. The van der Waals surface area contributed by atoms with E-state index >= 15 is 0 Å². The molecule has 1 unspecified atom stereocenters. The number of allylic oxidation sites excluding steroid dienone is 1. The van der Waals surface area contributed by atoms with Gasteiger partial charge >= 0.3 is 5.97 Å². The Balaban J connectivity index is 3.77. The number of carbonyl (C=O) groups is 1. The van der Waals surface area contributed by atoms with Crippen LogP contribution >= 0.6 is 0 Å². The zero-order valence-electron chi connectivity index (χ0n) is 6.24. The monoisotopic (exact) mass is 143 g/mol. The van der Waals surface area contributed by atoms with Crippen LogP contribution in [0.1, 0.15) is 13.8 Å². The van der Waals surface area contributed by atoms with Crippen LogP contribution in [0, 0.1) is 5.92 Å². The lowest BCUT2D eigenvalue weighted by Crippen LogP contribution is -2.27. The summed E-state index contributed by atoms with van der Waals surface area (Å²) < 4.78 is 0. The Kier molecular flexibility index (Phi) is 3.72. The van der Waals surface area contributed by atoms with Crippen molar-refractivity contribution in [1.29, 1.82) is 0 Å². The van der Waals surface area contributed by atoms with Gasteiger partial charge in [0.25, 0.3) is 0 Å². The molecule has 0 radical (unpaired) electrons. The van der Waals surface area contributed by atoms with Gasteiger partial charge in [-0.15, -0.1) is 0 Å². The van der Waals surface area contributed by atoms with Crippen LogP contribution in [0.2, 0.25) is 0 Å². The van der Waals surface area contributed by atoms with Gasteiger partial charge in [-0.25, -0.2) is 0 Å². The lowest BCUT2D eigenvalue weighted by Gasteiger charge is -1.98. The second-order valence-corrected chi connectivity index (χ2v) is 2.49. The molecule has 3 nitrogen and oxygen atoms in total. The van der Waals surface area contributed by atoms with Gasteiger partial charge in [0.2, 0.25) is 0 Å². The first-order valence-electron chi connectivity index (χ1n) is 3.20. The third kappa shape index (κ3) is 4.09. The number of rotatable bonds is 3. The van der Waals surface area contributed by atoms with Crippen molar-refractivity contribution in [3.63, 3.8) is 0 Å². The summed E-state index contributed by atoms with van der Waals surface area (Å²) >= 11 is 0. The number of carboxylic acid groups (broad SMARTS) is 1. The van der Waals surface area contributed by atoms with E-state index in [2.05, 4.69) is 0 Å². The van der Waals surface area contributed by atoms with E-state index in [0.29, 0.717) is 5.92 Å². The lowest BCUT2D eigenvalue weighted by molar-refractivity contribution is -0.137. The fourth-order valence-corrected chi connectivity index (χ4v) is 0.424. The molecule has 0 aromatic rings. The molecule has 1 atom stereocenters. The van der Waals surface area contributed by atoms with Crippen molar-refractivity contribution in [3.8, 4) is 0 Å². The van der Waals surface area contributed by atoms with Crippen molar-refractivity contribution < 1.29 is 9.90 Å². The summed E-state index contributed by atoms with van der Waals surface area (Å²) in [4.78, 5) is 10.1. The lowest BCUT2D eigenvalue weighted by atomic mass is 10.1. The van der Waals surface area contributed by atoms with Crippen LogP contribution < -0.4 is 5.73 Å². The van der Waals surface area contributed by atoms with Gasteiger partial charge < -0.3 is 10.8 Å². The van der Waals surface area contributed by atoms with Gasteiger partial charge in [0, 0.05) is 0 Å². The first-order chi connectivity index (χ1) is 4.54. The largest absolute Gasteiger partial charge is 0.480 e. The Hall–Kier alpha value is -0.830. The average molecular weight is 143 g/mol. The van der Waals surface area contributed by atoms with E-state index < -0.39 is 12.0 Å². The molecule has 0 rings (SSSR count). The van der Waals surface area contributed by atoms with Crippen molar-refractivity contribution >= 4 is 5.97 Å². The highest BCUT2D eigenvalue weighted by Crippen LogP contribution is 1.94. The van der Waals surface area contributed by atoms with E-state index in [4.69, 9.17) is 10.8 Å². The minimum atomic E-state index is -0.989. The molecule has 0 saturated carbocycles. The van der Waals surface area contributed by atoms with Crippen molar-refractivity contribution in [2.24, 2.45) is 11.7 Å². The van der Waals surface area contributed by atoms with Crippen LogP contribution in [0.15, 0.2) is 12.2 Å². The van der Waals surface area contributed by atoms with Gasteiger partial charge in [-0.2, -0.15) is 0 Å². The third-order valence-electron chi connectivity index (χ3n) is 0.989. The standard InChI is InChI=1S/C7H13NO2/c1-5(2)3-4-6(8)7(9)10/h3-6H,8H2,1-2H3,(H,9,10). The zero-order valence-corrected chi connectivity index (χ0v) is 6.24. The van der Waals surface area contributed by atoms with E-state index in [9.17, 15) is 4.79 Å². The first kappa shape index (κ1) is 9.17. The number of nitrogens with two attached hydrogens (primary N) is 1. The Bertz CT molecular complexity index is 141. The topological polar surface area (TPSA) is 63.3 Å². The smallest absolute Gasteiger partial charge is 0.324 e. The fourth-order valence-electron chi connectivity index (χ4n) is 0.424. The fraction of sp³-hybridized carbons (Fsp3) is 0.571. The van der Waals surface area contributed by atoms with Crippen molar-refractivity contribution in [2.75, 3.05) is 0 Å². The summed E-state index contributed by atoms with van der Waals surface area (Å²) in [7, 11) is 0. The van der Waals surface area contributed by atoms with E-state index in [1.807, 2.05) is 13.8 Å².